The lowest BCUT2D eigenvalue weighted by Crippen LogP contribution is -2.31. The summed E-state index contributed by atoms with van der Waals surface area (Å²) in [5, 5.41) is 8.95. The third-order valence-electron chi connectivity index (χ3n) is 3.93. The summed E-state index contributed by atoms with van der Waals surface area (Å²) in [7, 11) is -2.10. The molecule has 1 heterocycles. The van der Waals surface area contributed by atoms with E-state index < -0.39 is 22.0 Å². The molecule has 26 heavy (non-hydrogen) atoms. The monoisotopic (exact) mass is 371 g/mol. The number of rotatable bonds is 6. The number of nitrogens with zero attached hydrogens (tertiary/aromatic N) is 2. The molecule has 134 valence electrons. The third kappa shape index (κ3) is 3.66. The second-order valence-corrected chi connectivity index (χ2v) is 7.40. The number of imidazole rings is 1. The van der Waals surface area contributed by atoms with Gasteiger partial charge in [0.1, 0.15) is 11.9 Å². The number of aromatic nitrogens is 2. The van der Waals surface area contributed by atoms with E-state index in [1.807, 2.05) is 30.3 Å². The highest BCUT2D eigenvalue weighted by molar-refractivity contribution is 7.89. The van der Waals surface area contributed by atoms with Crippen LogP contribution < -0.4 is 4.72 Å². The number of carboxylic acid groups (broad SMARTS) is 1. The first kappa shape index (κ1) is 17.8. The molecule has 0 radical (unpaired) electrons. The second kappa shape index (κ2) is 7.11. The Kier molecular flexibility index (Phi) is 4.88. The summed E-state index contributed by atoms with van der Waals surface area (Å²) in [5.41, 5.74) is 0.764. The van der Waals surface area contributed by atoms with Crippen LogP contribution in [0.1, 0.15) is 27.8 Å². The van der Waals surface area contributed by atoms with Gasteiger partial charge in [-0.15, -0.1) is 0 Å². The van der Waals surface area contributed by atoms with Crippen molar-refractivity contribution in [1.82, 2.24) is 14.3 Å². The van der Waals surface area contributed by atoms with Crippen LogP contribution in [0.2, 0.25) is 0 Å². The van der Waals surface area contributed by atoms with Crippen LogP contribution in [-0.2, 0) is 17.1 Å². The molecule has 2 N–H and O–H groups in total. The quantitative estimate of drug-likeness (QED) is 0.692. The fourth-order valence-electron chi connectivity index (χ4n) is 2.57. The largest absolute Gasteiger partial charge is 0.478 e. The molecule has 0 saturated heterocycles. The number of benzene rings is 2. The van der Waals surface area contributed by atoms with Crippen molar-refractivity contribution in [3.05, 3.63) is 83.9 Å². The van der Waals surface area contributed by atoms with Gasteiger partial charge in [0, 0.05) is 19.4 Å². The van der Waals surface area contributed by atoms with E-state index >= 15 is 0 Å². The second-order valence-electron chi connectivity index (χ2n) is 5.69. The first-order valence-corrected chi connectivity index (χ1v) is 9.24. The molecule has 0 amide bonds. The molecule has 8 heteroatoms. The molecule has 0 spiro atoms. The zero-order valence-electron chi connectivity index (χ0n) is 13.9. The summed E-state index contributed by atoms with van der Waals surface area (Å²) in [6.07, 6.45) is 3.34. The standard InChI is InChI=1S/C18H17N3O4S/c1-21-12-11-19-17(21)16(13-5-3-2-4-6-13)20-26(24,25)15-9-7-14(8-10-15)18(22)23/h2-12,16,20H,1H3,(H,22,23)/t16-/m0/s1. The summed E-state index contributed by atoms with van der Waals surface area (Å²) in [6.45, 7) is 0. The molecule has 0 saturated carbocycles. The van der Waals surface area contributed by atoms with Crippen LogP contribution in [0, 0.1) is 0 Å². The van der Waals surface area contributed by atoms with Gasteiger partial charge in [-0.25, -0.2) is 18.2 Å². The topological polar surface area (TPSA) is 101 Å². The zero-order valence-corrected chi connectivity index (χ0v) is 14.7. The predicted molar refractivity (Wildman–Crippen MR) is 95.2 cm³/mol. The zero-order chi connectivity index (χ0) is 18.7. The molecular formula is C18H17N3O4S. The number of sulfonamides is 1. The van der Waals surface area contributed by atoms with Gasteiger partial charge in [-0.3, -0.25) is 0 Å². The van der Waals surface area contributed by atoms with Crippen molar-refractivity contribution in [2.24, 2.45) is 7.05 Å². The molecule has 0 aliphatic heterocycles. The summed E-state index contributed by atoms with van der Waals surface area (Å²) >= 11 is 0. The summed E-state index contributed by atoms with van der Waals surface area (Å²) in [5.74, 6) is -0.570. The fraction of sp³-hybridized carbons (Fsp3) is 0.111. The Bertz CT molecular complexity index is 1010. The minimum Gasteiger partial charge on any atom is -0.478 e. The predicted octanol–water partition coefficient (Wildman–Crippen LogP) is 2.19. The minimum atomic E-state index is -3.89. The smallest absolute Gasteiger partial charge is 0.335 e. The van der Waals surface area contributed by atoms with Gasteiger partial charge in [-0.05, 0) is 29.8 Å². The Hall–Kier alpha value is -2.97. The number of aromatic carboxylic acids is 1. The number of aryl methyl sites for hydroxylation is 1. The van der Waals surface area contributed by atoms with Gasteiger partial charge in [0.2, 0.25) is 10.0 Å². The van der Waals surface area contributed by atoms with Crippen molar-refractivity contribution in [2.75, 3.05) is 0 Å². The van der Waals surface area contributed by atoms with E-state index in [0.29, 0.717) is 5.82 Å². The van der Waals surface area contributed by atoms with Crippen molar-refractivity contribution in [2.45, 2.75) is 10.9 Å². The van der Waals surface area contributed by atoms with E-state index in [2.05, 4.69) is 9.71 Å². The third-order valence-corrected chi connectivity index (χ3v) is 5.37. The van der Waals surface area contributed by atoms with Gasteiger partial charge >= 0.3 is 5.97 Å². The number of carbonyl (C=O) groups is 1. The van der Waals surface area contributed by atoms with Crippen molar-refractivity contribution >= 4 is 16.0 Å². The normalized spacial score (nSPS) is 12.7. The van der Waals surface area contributed by atoms with Crippen LogP contribution in [0.25, 0.3) is 0 Å². The van der Waals surface area contributed by atoms with Gasteiger partial charge in [0.25, 0.3) is 0 Å². The van der Waals surface area contributed by atoms with Gasteiger partial charge in [-0.2, -0.15) is 4.72 Å². The molecule has 0 aliphatic carbocycles. The molecule has 0 aliphatic rings. The van der Waals surface area contributed by atoms with Crippen LogP contribution in [0.5, 0.6) is 0 Å². The summed E-state index contributed by atoms with van der Waals surface area (Å²) in [4.78, 5) is 15.2. The van der Waals surface area contributed by atoms with Crippen molar-refractivity contribution in [1.29, 1.82) is 0 Å². The Balaban J connectivity index is 1.98. The molecule has 3 rings (SSSR count). The molecule has 1 atom stereocenters. The van der Waals surface area contributed by atoms with Crippen molar-refractivity contribution < 1.29 is 18.3 Å². The maximum atomic E-state index is 12.8. The first-order valence-electron chi connectivity index (χ1n) is 7.76. The number of hydrogen-bond donors (Lipinski definition) is 2. The van der Waals surface area contributed by atoms with E-state index in [1.54, 1.807) is 24.0 Å². The van der Waals surface area contributed by atoms with Crippen LogP contribution >= 0.6 is 0 Å². The molecular weight excluding hydrogens is 354 g/mol. The van der Waals surface area contributed by atoms with E-state index in [-0.39, 0.29) is 10.5 Å². The molecule has 1 aromatic heterocycles. The number of nitrogens with one attached hydrogen (secondary N) is 1. The minimum absolute atomic E-state index is 0.0161. The Morgan fingerprint density at radius 2 is 1.77 bits per heavy atom. The van der Waals surface area contributed by atoms with Crippen LogP contribution in [-0.4, -0.2) is 29.0 Å². The summed E-state index contributed by atoms with van der Waals surface area (Å²) in [6, 6.07) is 13.5. The van der Waals surface area contributed by atoms with E-state index in [0.717, 1.165) is 5.56 Å². The SMILES string of the molecule is Cn1ccnc1[C@@H](NS(=O)(=O)c1ccc(C(=O)O)cc1)c1ccccc1. The van der Waals surface area contributed by atoms with Crippen LogP contribution in [0.3, 0.4) is 0 Å². The molecule has 7 nitrogen and oxygen atoms in total. The molecule has 0 bridgehead atoms. The molecule has 0 fully saturated rings. The maximum Gasteiger partial charge on any atom is 0.335 e. The van der Waals surface area contributed by atoms with Crippen molar-refractivity contribution in [3.63, 3.8) is 0 Å². The van der Waals surface area contributed by atoms with Crippen molar-refractivity contribution in [3.8, 4) is 0 Å². The van der Waals surface area contributed by atoms with Gasteiger partial charge < -0.3 is 9.67 Å². The van der Waals surface area contributed by atoms with Crippen LogP contribution in [0.15, 0.2) is 71.9 Å². The van der Waals surface area contributed by atoms with E-state index in [4.69, 9.17) is 5.11 Å². The number of hydrogen-bond acceptors (Lipinski definition) is 4. The van der Waals surface area contributed by atoms with Gasteiger partial charge in [-0.1, -0.05) is 30.3 Å². The lowest BCUT2D eigenvalue weighted by molar-refractivity contribution is 0.0696. The van der Waals surface area contributed by atoms with Gasteiger partial charge in [0.05, 0.1) is 10.5 Å². The molecule has 0 unspecified atom stereocenters. The average molecular weight is 371 g/mol. The Labute approximate surface area is 151 Å². The highest BCUT2D eigenvalue weighted by atomic mass is 32.2. The maximum absolute atomic E-state index is 12.8. The average Bonchev–Trinajstić information content (AvgIpc) is 3.06. The molecule has 2 aromatic carbocycles. The molecule has 3 aromatic rings. The first-order chi connectivity index (χ1) is 12.4. The highest BCUT2D eigenvalue weighted by Gasteiger charge is 2.25. The Morgan fingerprint density at radius 3 is 2.31 bits per heavy atom. The van der Waals surface area contributed by atoms with Crippen LogP contribution in [0.4, 0.5) is 0 Å². The van der Waals surface area contributed by atoms with Gasteiger partial charge in [0.15, 0.2) is 0 Å². The number of carboxylic acids is 1. The summed E-state index contributed by atoms with van der Waals surface area (Å²) < 4.78 is 30.0. The lowest BCUT2D eigenvalue weighted by Gasteiger charge is -2.19. The fourth-order valence-corrected chi connectivity index (χ4v) is 3.75. The lowest BCUT2D eigenvalue weighted by atomic mass is 10.1. The highest BCUT2D eigenvalue weighted by Crippen LogP contribution is 2.23. The Morgan fingerprint density at radius 1 is 1.12 bits per heavy atom. The van der Waals surface area contributed by atoms with E-state index in [1.165, 1.54) is 24.3 Å². The van der Waals surface area contributed by atoms with E-state index in [9.17, 15) is 13.2 Å².